The van der Waals surface area contributed by atoms with Gasteiger partial charge in [-0.25, -0.2) is 4.98 Å². The molecule has 0 N–H and O–H groups in total. The van der Waals surface area contributed by atoms with Crippen LogP contribution in [0.5, 0.6) is 0 Å². The summed E-state index contributed by atoms with van der Waals surface area (Å²) >= 11 is 6.33. The molecule has 102 valence electrons. The molecule has 0 bridgehead atoms. The SMILES string of the molecule is Cc1ccc2nc(C(C)Cl)n(C(C)CC3CC3)c2c1. The van der Waals surface area contributed by atoms with Crippen LogP contribution in [0.15, 0.2) is 18.2 Å². The van der Waals surface area contributed by atoms with Crippen LogP contribution in [0.1, 0.15) is 55.9 Å². The summed E-state index contributed by atoms with van der Waals surface area (Å²) in [5.41, 5.74) is 3.58. The van der Waals surface area contributed by atoms with Crippen LogP contribution in [0.4, 0.5) is 0 Å². The van der Waals surface area contributed by atoms with Crippen molar-refractivity contribution in [2.75, 3.05) is 0 Å². The maximum atomic E-state index is 6.33. The lowest BCUT2D eigenvalue weighted by atomic mass is 10.1. The highest BCUT2D eigenvalue weighted by Crippen LogP contribution is 2.39. The second kappa shape index (κ2) is 4.82. The van der Waals surface area contributed by atoms with E-state index < -0.39 is 0 Å². The fraction of sp³-hybridized carbons (Fsp3) is 0.562. The zero-order valence-electron chi connectivity index (χ0n) is 11.9. The molecule has 1 saturated carbocycles. The summed E-state index contributed by atoms with van der Waals surface area (Å²) in [6, 6.07) is 6.94. The van der Waals surface area contributed by atoms with Crippen molar-refractivity contribution in [3.63, 3.8) is 0 Å². The molecule has 19 heavy (non-hydrogen) atoms. The molecule has 0 spiro atoms. The Morgan fingerprint density at radius 3 is 2.74 bits per heavy atom. The minimum Gasteiger partial charge on any atom is -0.324 e. The molecule has 3 heteroatoms. The van der Waals surface area contributed by atoms with E-state index in [4.69, 9.17) is 16.6 Å². The predicted molar refractivity (Wildman–Crippen MR) is 80.8 cm³/mol. The van der Waals surface area contributed by atoms with Gasteiger partial charge in [-0.1, -0.05) is 18.9 Å². The third kappa shape index (κ3) is 2.51. The number of imidazole rings is 1. The van der Waals surface area contributed by atoms with Crippen LogP contribution in [0, 0.1) is 12.8 Å². The molecule has 1 aromatic carbocycles. The van der Waals surface area contributed by atoms with Crippen LogP contribution in [-0.4, -0.2) is 9.55 Å². The first-order chi connectivity index (χ1) is 9.06. The van der Waals surface area contributed by atoms with Crippen molar-refractivity contribution in [3.05, 3.63) is 29.6 Å². The first-order valence-electron chi connectivity index (χ1n) is 7.19. The van der Waals surface area contributed by atoms with Crippen LogP contribution in [0.25, 0.3) is 11.0 Å². The number of hydrogen-bond donors (Lipinski definition) is 0. The maximum absolute atomic E-state index is 6.33. The summed E-state index contributed by atoms with van der Waals surface area (Å²) in [5, 5.41) is -0.0469. The number of halogens is 1. The van der Waals surface area contributed by atoms with Gasteiger partial charge < -0.3 is 4.57 Å². The van der Waals surface area contributed by atoms with Gasteiger partial charge in [-0.2, -0.15) is 0 Å². The maximum Gasteiger partial charge on any atom is 0.127 e. The van der Waals surface area contributed by atoms with E-state index in [1.165, 1.54) is 30.3 Å². The van der Waals surface area contributed by atoms with Crippen molar-refractivity contribution in [3.8, 4) is 0 Å². The second-order valence-corrected chi connectivity index (χ2v) is 6.63. The molecule has 3 rings (SSSR count). The number of rotatable bonds is 4. The van der Waals surface area contributed by atoms with Crippen molar-refractivity contribution in [2.24, 2.45) is 5.92 Å². The molecule has 2 aromatic rings. The minimum absolute atomic E-state index is 0.0469. The van der Waals surface area contributed by atoms with Crippen LogP contribution in [-0.2, 0) is 0 Å². The molecule has 0 amide bonds. The largest absolute Gasteiger partial charge is 0.324 e. The minimum atomic E-state index is -0.0469. The summed E-state index contributed by atoms with van der Waals surface area (Å²) < 4.78 is 2.36. The van der Waals surface area contributed by atoms with E-state index in [0.717, 1.165) is 17.3 Å². The van der Waals surface area contributed by atoms with Crippen LogP contribution >= 0.6 is 11.6 Å². The first-order valence-corrected chi connectivity index (χ1v) is 7.62. The summed E-state index contributed by atoms with van der Waals surface area (Å²) in [7, 11) is 0. The Labute approximate surface area is 119 Å². The van der Waals surface area contributed by atoms with Crippen molar-refractivity contribution in [1.82, 2.24) is 9.55 Å². The van der Waals surface area contributed by atoms with Gasteiger partial charge >= 0.3 is 0 Å². The van der Waals surface area contributed by atoms with Crippen LogP contribution in [0.2, 0.25) is 0 Å². The van der Waals surface area contributed by atoms with Gasteiger partial charge in [0.15, 0.2) is 0 Å². The third-order valence-electron chi connectivity index (χ3n) is 4.04. The molecule has 1 aliphatic carbocycles. The third-order valence-corrected chi connectivity index (χ3v) is 4.24. The van der Waals surface area contributed by atoms with E-state index >= 15 is 0 Å². The van der Waals surface area contributed by atoms with Crippen LogP contribution in [0.3, 0.4) is 0 Å². The lowest BCUT2D eigenvalue weighted by Gasteiger charge is -2.18. The van der Waals surface area contributed by atoms with E-state index in [1.54, 1.807) is 0 Å². The smallest absolute Gasteiger partial charge is 0.127 e. The van der Waals surface area contributed by atoms with Gasteiger partial charge in [0.25, 0.3) is 0 Å². The zero-order valence-corrected chi connectivity index (χ0v) is 12.6. The van der Waals surface area contributed by atoms with E-state index in [1.807, 2.05) is 6.92 Å². The van der Waals surface area contributed by atoms with E-state index in [-0.39, 0.29) is 5.38 Å². The van der Waals surface area contributed by atoms with Crippen molar-refractivity contribution in [2.45, 2.75) is 51.5 Å². The zero-order chi connectivity index (χ0) is 13.6. The van der Waals surface area contributed by atoms with Gasteiger partial charge in [0.1, 0.15) is 5.82 Å². The van der Waals surface area contributed by atoms with Gasteiger partial charge in [-0.3, -0.25) is 0 Å². The van der Waals surface area contributed by atoms with Gasteiger partial charge in [0.05, 0.1) is 16.4 Å². The summed E-state index contributed by atoms with van der Waals surface area (Å²) in [6.07, 6.45) is 4.03. The van der Waals surface area contributed by atoms with Gasteiger partial charge in [0.2, 0.25) is 0 Å². The Morgan fingerprint density at radius 1 is 1.37 bits per heavy atom. The molecular formula is C16H21ClN2. The molecule has 0 radical (unpaired) electrons. The lowest BCUT2D eigenvalue weighted by Crippen LogP contribution is -2.10. The van der Waals surface area contributed by atoms with E-state index in [0.29, 0.717) is 6.04 Å². The molecule has 1 aromatic heterocycles. The molecule has 0 saturated heterocycles. The Morgan fingerprint density at radius 2 is 2.11 bits per heavy atom. The highest BCUT2D eigenvalue weighted by atomic mass is 35.5. The first kappa shape index (κ1) is 13.0. The van der Waals surface area contributed by atoms with Crippen LogP contribution < -0.4 is 0 Å². The molecule has 1 aliphatic rings. The normalized spacial score (nSPS) is 18.7. The number of aryl methyl sites for hydroxylation is 1. The molecule has 1 fully saturated rings. The summed E-state index contributed by atoms with van der Waals surface area (Å²) in [5.74, 6) is 1.92. The fourth-order valence-corrected chi connectivity index (χ4v) is 3.06. The highest BCUT2D eigenvalue weighted by Gasteiger charge is 2.27. The topological polar surface area (TPSA) is 17.8 Å². The predicted octanol–water partition coefficient (Wildman–Crippen LogP) is 5.01. The molecule has 2 unspecified atom stereocenters. The van der Waals surface area contributed by atoms with Gasteiger partial charge in [0, 0.05) is 6.04 Å². The van der Waals surface area contributed by atoms with Crippen molar-refractivity contribution < 1.29 is 0 Å². The average Bonchev–Trinajstić information content (AvgIpc) is 3.07. The molecule has 1 heterocycles. The van der Waals surface area contributed by atoms with Crippen molar-refractivity contribution >= 4 is 22.6 Å². The number of alkyl halides is 1. The fourth-order valence-electron chi connectivity index (χ4n) is 2.91. The monoisotopic (exact) mass is 276 g/mol. The van der Waals surface area contributed by atoms with Gasteiger partial charge in [-0.05, 0) is 50.8 Å². The van der Waals surface area contributed by atoms with E-state index in [2.05, 4.69) is 36.6 Å². The van der Waals surface area contributed by atoms with Gasteiger partial charge in [-0.15, -0.1) is 11.6 Å². The average molecular weight is 277 g/mol. The Bertz CT molecular complexity index is 596. The Hall–Kier alpha value is -1.02. The Balaban J connectivity index is 2.11. The highest BCUT2D eigenvalue weighted by molar-refractivity contribution is 6.20. The number of nitrogens with zero attached hydrogens (tertiary/aromatic N) is 2. The summed E-state index contributed by atoms with van der Waals surface area (Å²) in [4.78, 5) is 4.73. The van der Waals surface area contributed by atoms with E-state index in [9.17, 15) is 0 Å². The Kier molecular flexibility index (Phi) is 3.30. The number of fused-ring (bicyclic) bond motifs is 1. The molecular weight excluding hydrogens is 256 g/mol. The van der Waals surface area contributed by atoms with Crippen molar-refractivity contribution in [1.29, 1.82) is 0 Å². The molecule has 0 aliphatic heterocycles. The standard InChI is InChI=1S/C16H21ClN2/c1-10-4-7-14-15(8-10)19(16(18-14)12(3)17)11(2)9-13-5-6-13/h4,7-8,11-13H,5-6,9H2,1-3H3. The molecule has 2 atom stereocenters. The quantitative estimate of drug-likeness (QED) is 0.718. The number of hydrogen-bond acceptors (Lipinski definition) is 1. The molecule has 2 nitrogen and oxygen atoms in total. The second-order valence-electron chi connectivity index (χ2n) is 5.98. The summed E-state index contributed by atoms with van der Waals surface area (Å²) in [6.45, 7) is 6.44. The number of benzene rings is 1. The lowest BCUT2D eigenvalue weighted by molar-refractivity contribution is 0.472. The number of aromatic nitrogens is 2.